The molecule has 8 heteroatoms. The highest BCUT2D eigenvalue weighted by molar-refractivity contribution is 5.74. The lowest BCUT2D eigenvalue weighted by atomic mass is 10.2. The van der Waals surface area contributed by atoms with Crippen LogP contribution in [0.15, 0.2) is 24.3 Å². The van der Waals surface area contributed by atoms with Crippen molar-refractivity contribution in [3.63, 3.8) is 0 Å². The summed E-state index contributed by atoms with van der Waals surface area (Å²) in [4.78, 5) is 26.8. The summed E-state index contributed by atoms with van der Waals surface area (Å²) in [7, 11) is 0. The fourth-order valence-corrected chi connectivity index (χ4v) is 2.49. The van der Waals surface area contributed by atoms with E-state index in [-0.39, 0.29) is 11.8 Å². The summed E-state index contributed by atoms with van der Waals surface area (Å²) in [6.07, 6.45) is -0.495. The summed E-state index contributed by atoms with van der Waals surface area (Å²) in [6.45, 7) is 4.86. The van der Waals surface area contributed by atoms with Crippen molar-refractivity contribution in [2.75, 3.05) is 50.8 Å². The first-order valence-corrected chi connectivity index (χ1v) is 8.04. The molecule has 24 heavy (non-hydrogen) atoms. The van der Waals surface area contributed by atoms with Gasteiger partial charge in [-0.25, -0.2) is 14.0 Å². The first kappa shape index (κ1) is 17.8. The monoisotopic (exact) mass is 338 g/mol. The zero-order chi connectivity index (χ0) is 17.4. The summed E-state index contributed by atoms with van der Waals surface area (Å²) in [5.74, 6) is -0.250. The Morgan fingerprint density at radius 1 is 1.12 bits per heavy atom. The molecular formula is C16H23FN4O3. The molecule has 0 bridgehead atoms. The number of benzene rings is 1. The minimum absolute atomic E-state index is 0.186. The molecule has 132 valence electrons. The van der Waals surface area contributed by atoms with Gasteiger partial charge in [0.05, 0.1) is 12.3 Å². The van der Waals surface area contributed by atoms with Crippen molar-refractivity contribution in [3.8, 4) is 0 Å². The normalized spacial score (nSPS) is 14.2. The number of halogens is 1. The molecule has 1 aliphatic heterocycles. The number of amides is 3. The minimum Gasteiger partial charge on any atom is -0.450 e. The van der Waals surface area contributed by atoms with Gasteiger partial charge in [0.1, 0.15) is 5.82 Å². The maximum atomic E-state index is 13.8. The molecule has 1 heterocycles. The van der Waals surface area contributed by atoms with E-state index in [0.29, 0.717) is 51.6 Å². The fourth-order valence-electron chi connectivity index (χ4n) is 2.49. The van der Waals surface area contributed by atoms with Gasteiger partial charge in [0.2, 0.25) is 0 Å². The van der Waals surface area contributed by atoms with Gasteiger partial charge in [-0.1, -0.05) is 12.1 Å². The number of nitrogens with zero attached hydrogens (tertiary/aromatic N) is 2. The summed E-state index contributed by atoms with van der Waals surface area (Å²) in [5.41, 5.74) is 0.566. The molecule has 3 amide bonds. The van der Waals surface area contributed by atoms with Crippen molar-refractivity contribution < 1.29 is 18.7 Å². The molecule has 0 saturated carbocycles. The Morgan fingerprint density at radius 2 is 1.79 bits per heavy atom. The van der Waals surface area contributed by atoms with Gasteiger partial charge in [-0.15, -0.1) is 0 Å². The highest BCUT2D eigenvalue weighted by atomic mass is 19.1. The first-order chi connectivity index (χ1) is 11.6. The topological polar surface area (TPSA) is 73.9 Å². The van der Waals surface area contributed by atoms with Crippen LogP contribution in [-0.2, 0) is 4.74 Å². The zero-order valence-electron chi connectivity index (χ0n) is 13.8. The van der Waals surface area contributed by atoms with E-state index in [1.54, 1.807) is 30.0 Å². The van der Waals surface area contributed by atoms with Crippen LogP contribution in [0.25, 0.3) is 0 Å². The summed E-state index contributed by atoms with van der Waals surface area (Å²) in [5, 5.41) is 5.27. The largest absolute Gasteiger partial charge is 0.450 e. The third kappa shape index (κ3) is 5.00. The number of anilines is 1. The molecule has 0 atom stereocenters. The summed E-state index contributed by atoms with van der Waals surface area (Å²) < 4.78 is 18.5. The van der Waals surface area contributed by atoms with Crippen molar-refractivity contribution in [2.45, 2.75) is 6.92 Å². The van der Waals surface area contributed by atoms with E-state index in [0.717, 1.165) is 0 Å². The van der Waals surface area contributed by atoms with Crippen LogP contribution < -0.4 is 15.5 Å². The number of carbonyl (C=O) groups is 2. The molecule has 1 aromatic carbocycles. The molecule has 0 unspecified atom stereocenters. The lowest BCUT2D eigenvalue weighted by Gasteiger charge is -2.36. The third-order valence-corrected chi connectivity index (χ3v) is 3.71. The van der Waals surface area contributed by atoms with Crippen LogP contribution in [0.2, 0.25) is 0 Å². The molecule has 2 N–H and O–H groups in total. The van der Waals surface area contributed by atoms with Gasteiger partial charge in [0.15, 0.2) is 0 Å². The van der Waals surface area contributed by atoms with Crippen LogP contribution in [0.5, 0.6) is 0 Å². The molecule has 1 saturated heterocycles. The Labute approximate surface area is 140 Å². The smallest absolute Gasteiger partial charge is 0.407 e. The predicted molar refractivity (Wildman–Crippen MR) is 88.6 cm³/mol. The number of hydrogen-bond acceptors (Lipinski definition) is 4. The average molecular weight is 338 g/mol. The summed E-state index contributed by atoms with van der Waals surface area (Å²) >= 11 is 0. The Bertz CT molecular complexity index is 562. The fraction of sp³-hybridized carbons (Fsp3) is 0.500. The van der Waals surface area contributed by atoms with Crippen LogP contribution in [0.1, 0.15) is 6.92 Å². The van der Waals surface area contributed by atoms with E-state index in [4.69, 9.17) is 4.74 Å². The molecular weight excluding hydrogens is 315 g/mol. The lowest BCUT2D eigenvalue weighted by Crippen LogP contribution is -2.52. The molecule has 7 nitrogen and oxygen atoms in total. The van der Waals surface area contributed by atoms with Gasteiger partial charge < -0.3 is 25.2 Å². The average Bonchev–Trinajstić information content (AvgIpc) is 2.59. The Hall–Kier alpha value is -2.51. The van der Waals surface area contributed by atoms with Crippen LogP contribution in [0.3, 0.4) is 0 Å². The highest BCUT2D eigenvalue weighted by Gasteiger charge is 2.22. The van der Waals surface area contributed by atoms with E-state index < -0.39 is 6.09 Å². The second kappa shape index (κ2) is 8.95. The van der Waals surface area contributed by atoms with E-state index in [2.05, 4.69) is 10.6 Å². The zero-order valence-corrected chi connectivity index (χ0v) is 13.8. The van der Waals surface area contributed by atoms with Crippen LogP contribution in [-0.4, -0.2) is 62.9 Å². The van der Waals surface area contributed by atoms with Gasteiger partial charge in [-0.3, -0.25) is 0 Å². The number of piperazine rings is 1. The highest BCUT2D eigenvalue weighted by Crippen LogP contribution is 2.19. The molecule has 1 fully saturated rings. The maximum absolute atomic E-state index is 13.8. The van der Waals surface area contributed by atoms with E-state index >= 15 is 0 Å². The van der Waals surface area contributed by atoms with Crippen LogP contribution in [0, 0.1) is 5.82 Å². The second-order valence-corrected chi connectivity index (χ2v) is 5.30. The Balaban J connectivity index is 1.69. The molecule has 1 aliphatic rings. The van der Waals surface area contributed by atoms with Gasteiger partial charge in [0.25, 0.3) is 0 Å². The number of rotatable bonds is 5. The van der Waals surface area contributed by atoms with Gasteiger partial charge in [-0.2, -0.15) is 0 Å². The molecule has 0 spiro atoms. The molecule has 1 aromatic rings. The molecule has 0 radical (unpaired) electrons. The van der Waals surface area contributed by atoms with E-state index in [1.807, 2.05) is 4.90 Å². The Kier molecular flexibility index (Phi) is 6.65. The lowest BCUT2D eigenvalue weighted by molar-refractivity contribution is 0.152. The molecule has 0 aromatic heterocycles. The predicted octanol–water partition coefficient (Wildman–Crippen LogP) is 1.40. The second-order valence-electron chi connectivity index (χ2n) is 5.30. The first-order valence-electron chi connectivity index (χ1n) is 8.04. The molecule has 2 rings (SSSR count). The SMILES string of the molecule is CCOC(=O)NCCNC(=O)N1CCN(c2ccccc2F)CC1. The number of ether oxygens (including phenoxy) is 1. The quantitative estimate of drug-likeness (QED) is 0.796. The van der Waals surface area contributed by atoms with Crippen molar-refractivity contribution >= 4 is 17.8 Å². The van der Waals surface area contributed by atoms with Crippen molar-refractivity contribution in [2.24, 2.45) is 0 Å². The third-order valence-electron chi connectivity index (χ3n) is 3.71. The standard InChI is InChI=1S/C16H23FN4O3/c1-2-24-16(23)19-8-7-18-15(22)21-11-9-20(10-12-21)14-6-4-3-5-13(14)17/h3-6H,2,7-12H2,1H3,(H,18,22)(H,19,23). The maximum Gasteiger partial charge on any atom is 0.407 e. The number of para-hydroxylation sites is 1. The number of hydrogen-bond donors (Lipinski definition) is 2. The van der Waals surface area contributed by atoms with Gasteiger partial charge in [-0.05, 0) is 19.1 Å². The summed E-state index contributed by atoms with van der Waals surface area (Å²) in [6, 6.07) is 6.45. The van der Waals surface area contributed by atoms with Crippen molar-refractivity contribution in [1.82, 2.24) is 15.5 Å². The number of alkyl carbamates (subject to hydrolysis) is 1. The minimum atomic E-state index is -0.495. The van der Waals surface area contributed by atoms with Crippen LogP contribution >= 0.6 is 0 Å². The van der Waals surface area contributed by atoms with Gasteiger partial charge in [0, 0.05) is 39.3 Å². The van der Waals surface area contributed by atoms with Gasteiger partial charge >= 0.3 is 12.1 Å². The Morgan fingerprint density at radius 3 is 2.46 bits per heavy atom. The number of carbonyl (C=O) groups excluding carboxylic acids is 2. The number of nitrogens with one attached hydrogen (secondary N) is 2. The van der Waals surface area contributed by atoms with Crippen molar-refractivity contribution in [1.29, 1.82) is 0 Å². The van der Waals surface area contributed by atoms with Crippen LogP contribution in [0.4, 0.5) is 19.7 Å². The number of urea groups is 1. The van der Waals surface area contributed by atoms with E-state index in [1.165, 1.54) is 6.07 Å². The molecule has 0 aliphatic carbocycles. The van der Waals surface area contributed by atoms with Crippen molar-refractivity contribution in [3.05, 3.63) is 30.1 Å². The van der Waals surface area contributed by atoms with E-state index in [9.17, 15) is 14.0 Å².